The van der Waals surface area contributed by atoms with Crippen LogP contribution in [0.1, 0.15) is 16.1 Å². The highest BCUT2D eigenvalue weighted by Crippen LogP contribution is 2.00. The van der Waals surface area contributed by atoms with Gasteiger partial charge >= 0.3 is 5.97 Å². The highest BCUT2D eigenvalue weighted by Gasteiger charge is 2.22. The van der Waals surface area contributed by atoms with E-state index in [9.17, 15) is 14.4 Å². The van der Waals surface area contributed by atoms with E-state index < -0.39 is 23.3 Å². The first-order valence-corrected chi connectivity index (χ1v) is 5.76. The summed E-state index contributed by atoms with van der Waals surface area (Å²) in [4.78, 5) is 43.6. The summed E-state index contributed by atoms with van der Waals surface area (Å²) in [5, 5.41) is 11.4. The standard InChI is InChI=1S/C12H12N4O4/c17-10-1-2-13-5-8(10)11(18)16-9(12(19)20)3-7-4-14-6-15-7/h1-2,4-6,9H,3H2,(H,13,17)(H,14,15)(H,16,18)(H,19,20)/t9-/m0/s1. The van der Waals surface area contributed by atoms with Gasteiger partial charge in [-0.25, -0.2) is 9.78 Å². The molecular formula is C12H12N4O4. The molecule has 2 heterocycles. The Hall–Kier alpha value is -2.90. The minimum Gasteiger partial charge on any atom is -0.480 e. The number of aromatic nitrogens is 3. The van der Waals surface area contributed by atoms with Crippen LogP contribution >= 0.6 is 0 Å². The number of aliphatic carboxylic acids is 1. The molecule has 0 unspecified atom stereocenters. The summed E-state index contributed by atoms with van der Waals surface area (Å²) < 4.78 is 0. The Kier molecular flexibility index (Phi) is 3.94. The molecule has 0 spiro atoms. The van der Waals surface area contributed by atoms with Crippen molar-refractivity contribution >= 4 is 11.9 Å². The lowest BCUT2D eigenvalue weighted by Crippen LogP contribution is -2.43. The van der Waals surface area contributed by atoms with Gasteiger partial charge in [-0.1, -0.05) is 0 Å². The number of nitrogens with zero attached hydrogens (tertiary/aromatic N) is 1. The number of amides is 1. The lowest BCUT2D eigenvalue weighted by molar-refractivity contribution is -0.139. The maximum atomic E-state index is 11.9. The van der Waals surface area contributed by atoms with Gasteiger partial charge in [0.2, 0.25) is 0 Å². The van der Waals surface area contributed by atoms with Crippen molar-refractivity contribution in [2.75, 3.05) is 0 Å². The fourth-order valence-corrected chi connectivity index (χ4v) is 1.65. The Balaban J connectivity index is 2.12. The average molecular weight is 276 g/mol. The van der Waals surface area contributed by atoms with Crippen LogP contribution in [0.4, 0.5) is 0 Å². The lowest BCUT2D eigenvalue weighted by atomic mass is 10.1. The fraction of sp³-hybridized carbons (Fsp3) is 0.167. The Bertz CT molecular complexity index is 662. The van der Waals surface area contributed by atoms with Gasteiger partial charge in [0.15, 0.2) is 5.43 Å². The van der Waals surface area contributed by atoms with Crippen LogP contribution in [-0.4, -0.2) is 38.0 Å². The molecule has 1 atom stereocenters. The first-order chi connectivity index (χ1) is 9.58. The van der Waals surface area contributed by atoms with Crippen LogP contribution in [0.25, 0.3) is 0 Å². The second kappa shape index (κ2) is 5.83. The van der Waals surface area contributed by atoms with Gasteiger partial charge in [0, 0.05) is 36.8 Å². The minimum absolute atomic E-state index is 0.0474. The van der Waals surface area contributed by atoms with Gasteiger partial charge in [0.1, 0.15) is 11.6 Å². The van der Waals surface area contributed by atoms with Crippen LogP contribution in [0.15, 0.2) is 35.8 Å². The van der Waals surface area contributed by atoms with Crippen molar-refractivity contribution in [3.05, 3.63) is 52.5 Å². The first kappa shape index (κ1) is 13.5. The summed E-state index contributed by atoms with van der Waals surface area (Å²) in [5.41, 5.74) is -0.0463. The molecule has 0 radical (unpaired) electrons. The van der Waals surface area contributed by atoms with Crippen molar-refractivity contribution < 1.29 is 14.7 Å². The number of hydrogen-bond acceptors (Lipinski definition) is 4. The van der Waals surface area contributed by atoms with Crippen molar-refractivity contribution in [1.82, 2.24) is 20.3 Å². The van der Waals surface area contributed by atoms with Gasteiger partial charge in [0.05, 0.1) is 6.33 Å². The molecule has 0 aromatic carbocycles. The zero-order valence-electron chi connectivity index (χ0n) is 10.3. The van der Waals surface area contributed by atoms with E-state index in [0.29, 0.717) is 5.69 Å². The summed E-state index contributed by atoms with van der Waals surface area (Å²) in [5.74, 6) is -1.93. The van der Waals surface area contributed by atoms with Gasteiger partial charge < -0.3 is 20.4 Å². The van der Waals surface area contributed by atoms with E-state index in [2.05, 4.69) is 20.3 Å². The fourth-order valence-electron chi connectivity index (χ4n) is 1.65. The van der Waals surface area contributed by atoms with Gasteiger partial charge in [-0.15, -0.1) is 0 Å². The number of pyridine rings is 1. The van der Waals surface area contributed by atoms with Crippen LogP contribution in [0.3, 0.4) is 0 Å². The first-order valence-electron chi connectivity index (χ1n) is 5.76. The molecule has 4 N–H and O–H groups in total. The summed E-state index contributed by atoms with van der Waals surface area (Å²) in [6, 6.07) is 0.0436. The monoisotopic (exact) mass is 276 g/mol. The van der Waals surface area contributed by atoms with Crippen LogP contribution in [0, 0.1) is 0 Å². The second-order valence-electron chi connectivity index (χ2n) is 4.07. The number of rotatable bonds is 5. The smallest absolute Gasteiger partial charge is 0.326 e. The number of H-pyrrole nitrogens is 2. The number of carboxylic acid groups (broad SMARTS) is 1. The molecule has 0 saturated carbocycles. The minimum atomic E-state index is -1.19. The van der Waals surface area contributed by atoms with Crippen LogP contribution in [0.5, 0.6) is 0 Å². The molecular weight excluding hydrogens is 264 g/mol. The Morgan fingerprint density at radius 1 is 1.45 bits per heavy atom. The molecule has 104 valence electrons. The topological polar surface area (TPSA) is 128 Å². The van der Waals surface area contributed by atoms with Gasteiger partial charge in [-0.2, -0.15) is 0 Å². The Morgan fingerprint density at radius 3 is 2.85 bits per heavy atom. The molecule has 0 aliphatic heterocycles. The number of imidazole rings is 1. The number of aromatic amines is 2. The molecule has 0 fully saturated rings. The quantitative estimate of drug-likeness (QED) is 0.586. The van der Waals surface area contributed by atoms with E-state index in [1.807, 2.05) is 0 Å². The summed E-state index contributed by atoms with van der Waals surface area (Å²) >= 11 is 0. The molecule has 20 heavy (non-hydrogen) atoms. The molecule has 8 heteroatoms. The maximum Gasteiger partial charge on any atom is 0.326 e. The number of carbonyl (C=O) groups excluding carboxylic acids is 1. The van der Waals surface area contributed by atoms with E-state index in [1.54, 1.807) is 0 Å². The third-order valence-corrected chi connectivity index (χ3v) is 2.65. The third-order valence-electron chi connectivity index (χ3n) is 2.65. The van der Waals surface area contributed by atoms with Gasteiger partial charge in [-0.3, -0.25) is 9.59 Å². The third kappa shape index (κ3) is 3.10. The largest absolute Gasteiger partial charge is 0.480 e. The SMILES string of the molecule is O=C(N[C@@H](Cc1cnc[nH]1)C(=O)O)c1c[nH]ccc1=O. The number of hydrogen-bond donors (Lipinski definition) is 4. The van der Waals surface area contributed by atoms with E-state index in [0.717, 1.165) is 0 Å². The van der Waals surface area contributed by atoms with Gasteiger partial charge in [0.25, 0.3) is 5.91 Å². The number of carbonyl (C=O) groups is 2. The zero-order valence-corrected chi connectivity index (χ0v) is 10.3. The summed E-state index contributed by atoms with van der Waals surface area (Å²) in [6.07, 6.45) is 5.55. The normalized spacial score (nSPS) is 11.8. The average Bonchev–Trinajstić information content (AvgIpc) is 2.91. The highest BCUT2D eigenvalue weighted by atomic mass is 16.4. The van der Waals surface area contributed by atoms with Gasteiger partial charge in [-0.05, 0) is 0 Å². The second-order valence-corrected chi connectivity index (χ2v) is 4.07. The molecule has 1 amide bonds. The summed E-state index contributed by atoms with van der Waals surface area (Å²) in [6.45, 7) is 0. The molecule has 0 aliphatic rings. The van der Waals surface area contributed by atoms with E-state index in [4.69, 9.17) is 5.11 Å². The molecule has 0 saturated heterocycles. The number of nitrogens with one attached hydrogen (secondary N) is 3. The van der Waals surface area contributed by atoms with Crippen molar-refractivity contribution in [3.8, 4) is 0 Å². The molecule has 0 aliphatic carbocycles. The predicted molar refractivity (Wildman–Crippen MR) is 68.2 cm³/mol. The zero-order chi connectivity index (χ0) is 14.5. The van der Waals surface area contributed by atoms with E-state index in [1.165, 1.54) is 31.0 Å². The molecule has 2 aromatic rings. The highest BCUT2D eigenvalue weighted by molar-refractivity contribution is 5.96. The van der Waals surface area contributed by atoms with E-state index >= 15 is 0 Å². The molecule has 2 rings (SSSR count). The van der Waals surface area contributed by atoms with Crippen molar-refractivity contribution in [2.24, 2.45) is 0 Å². The maximum absolute atomic E-state index is 11.9. The molecule has 2 aromatic heterocycles. The Morgan fingerprint density at radius 2 is 2.25 bits per heavy atom. The van der Waals surface area contributed by atoms with Crippen LogP contribution in [0.2, 0.25) is 0 Å². The summed E-state index contributed by atoms with van der Waals surface area (Å²) in [7, 11) is 0. The van der Waals surface area contributed by atoms with Crippen molar-refractivity contribution in [2.45, 2.75) is 12.5 Å². The lowest BCUT2D eigenvalue weighted by Gasteiger charge is -2.13. The molecule has 8 nitrogen and oxygen atoms in total. The predicted octanol–water partition coefficient (Wildman–Crippen LogP) is -0.476. The van der Waals surface area contributed by atoms with E-state index in [-0.39, 0.29) is 12.0 Å². The Labute approximate surface area is 112 Å². The van der Waals surface area contributed by atoms with Crippen LogP contribution < -0.4 is 10.7 Å². The van der Waals surface area contributed by atoms with Crippen molar-refractivity contribution in [3.63, 3.8) is 0 Å². The van der Waals surface area contributed by atoms with Crippen molar-refractivity contribution in [1.29, 1.82) is 0 Å². The molecule has 0 bridgehead atoms. The van der Waals surface area contributed by atoms with Crippen LogP contribution in [-0.2, 0) is 11.2 Å². The number of carboxylic acids is 1.